The van der Waals surface area contributed by atoms with Crippen LogP contribution in [0, 0.1) is 24.7 Å². The van der Waals surface area contributed by atoms with Gasteiger partial charge < -0.3 is 37.5 Å². The van der Waals surface area contributed by atoms with Crippen LogP contribution < -0.4 is 38.1 Å². The summed E-state index contributed by atoms with van der Waals surface area (Å²) >= 11 is 0. The number of benzene rings is 1. The van der Waals surface area contributed by atoms with Gasteiger partial charge in [0.25, 0.3) is 0 Å². The third-order valence-electron chi connectivity index (χ3n) is 7.87. The Labute approximate surface area is 266 Å². The fourth-order valence-electron chi connectivity index (χ4n) is 5.12. The summed E-state index contributed by atoms with van der Waals surface area (Å²) in [6.45, 7) is 13.1. The predicted molar refractivity (Wildman–Crippen MR) is 180 cm³/mol. The van der Waals surface area contributed by atoms with Gasteiger partial charge in [-0.2, -0.15) is 0 Å². The van der Waals surface area contributed by atoms with Crippen molar-refractivity contribution in [2.24, 2.45) is 17.4 Å². The van der Waals surface area contributed by atoms with Crippen LogP contribution in [0.3, 0.4) is 0 Å². The summed E-state index contributed by atoms with van der Waals surface area (Å²) in [6.07, 6.45) is 9.29. The highest BCUT2D eigenvalue weighted by Crippen LogP contribution is 2.14. The molecule has 247 valence electrons. The fraction of sp³-hybridized carbons (Fsp3) is 0.676. The maximum atomic E-state index is 12.2. The molecule has 10 nitrogen and oxygen atoms in total. The summed E-state index contributed by atoms with van der Waals surface area (Å²) in [5.74, 6) is 6.55. The number of rotatable bonds is 21. The minimum absolute atomic E-state index is 0.0548. The van der Waals surface area contributed by atoms with E-state index in [1.54, 1.807) is 0 Å². The van der Waals surface area contributed by atoms with Gasteiger partial charge in [-0.05, 0) is 88.8 Å². The lowest BCUT2D eigenvalue weighted by atomic mass is 9.98. The van der Waals surface area contributed by atoms with Gasteiger partial charge in [0.1, 0.15) is 12.7 Å². The molecule has 9 N–H and O–H groups in total. The number of hydrogen-bond acceptors (Lipinski definition) is 7. The standard InChI is InChI=1S/C34H58N7O3/c1-26(2)31(24-40-29(13-12-22-38-33(35)43)23-39-28-18-16-27(3)17-19-28)41-34(4,36)20-10-11-21-37-32(42)25-44-30-14-8-6-5-7-9-15-30/h16-19,26,29-31,39-41H,3,5-8,10-14,20-25,36H2,1-2,4H3,(H,37,42)(H3,35,38,43)/t29-,30?,31+,34?/m0/s1. The number of ether oxygens (including phenoxy) is 1. The Morgan fingerprint density at radius 3 is 2.55 bits per heavy atom. The van der Waals surface area contributed by atoms with Crippen LogP contribution in [0.4, 0.5) is 10.5 Å². The summed E-state index contributed by atoms with van der Waals surface area (Å²) in [6, 6.07) is 7.87. The number of primary amides is 1. The van der Waals surface area contributed by atoms with Crippen molar-refractivity contribution in [3.05, 3.63) is 36.8 Å². The Bertz CT molecular complexity index is 1020. The monoisotopic (exact) mass is 612 g/mol. The normalized spacial score (nSPS) is 17.7. The van der Waals surface area contributed by atoms with E-state index in [0.29, 0.717) is 19.0 Å². The molecular formula is C34H58N7O3. The van der Waals surface area contributed by atoms with Crippen molar-refractivity contribution < 1.29 is 14.3 Å². The molecule has 0 fully saturated rings. The minimum atomic E-state index is -0.546. The van der Waals surface area contributed by atoms with Gasteiger partial charge in [-0.15, -0.1) is 5.92 Å². The third kappa shape index (κ3) is 17.5. The predicted octanol–water partition coefficient (Wildman–Crippen LogP) is 3.62. The van der Waals surface area contributed by atoms with Gasteiger partial charge in [0, 0.05) is 50.4 Å². The topological polar surface area (TPSA) is 156 Å². The summed E-state index contributed by atoms with van der Waals surface area (Å²) in [4.78, 5) is 23.3. The van der Waals surface area contributed by atoms with Gasteiger partial charge in [-0.3, -0.25) is 10.1 Å². The van der Waals surface area contributed by atoms with Crippen molar-refractivity contribution in [1.29, 1.82) is 0 Å². The van der Waals surface area contributed by atoms with Gasteiger partial charge in [0.15, 0.2) is 0 Å². The first-order chi connectivity index (χ1) is 21.0. The van der Waals surface area contributed by atoms with Crippen molar-refractivity contribution in [3.8, 4) is 11.8 Å². The fourth-order valence-corrected chi connectivity index (χ4v) is 5.12. The number of carbonyl (C=O) groups is 2. The SMILES string of the molecule is [CH2]c1ccc(NC[C@H](CCCNC(N)=O)NC[C@@H](NC(C)(N)CCCCNC(=O)COC2C#CCCCCC2)C(C)C)cc1. The summed E-state index contributed by atoms with van der Waals surface area (Å²) in [5, 5.41) is 16.5. The number of nitrogens with two attached hydrogens (primary N) is 2. The molecule has 2 rings (SSSR count). The van der Waals surface area contributed by atoms with Gasteiger partial charge in [-0.25, -0.2) is 4.79 Å². The average Bonchev–Trinajstić information content (AvgIpc) is 2.95. The first kappa shape index (κ1) is 37.3. The Balaban J connectivity index is 1.74. The molecule has 1 aromatic carbocycles. The molecule has 0 bridgehead atoms. The van der Waals surface area contributed by atoms with Crippen LogP contribution in [0.5, 0.6) is 0 Å². The van der Waals surface area contributed by atoms with Crippen LogP contribution in [0.15, 0.2) is 24.3 Å². The molecule has 0 spiro atoms. The quantitative estimate of drug-likeness (QED) is 0.0635. The molecule has 10 heteroatoms. The molecule has 44 heavy (non-hydrogen) atoms. The molecule has 0 heterocycles. The van der Waals surface area contributed by atoms with Crippen molar-refractivity contribution in [2.75, 3.05) is 38.1 Å². The second-order valence-corrected chi connectivity index (χ2v) is 12.6. The highest BCUT2D eigenvalue weighted by atomic mass is 16.5. The van der Waals surface area contributed by atoms with E-state index in [1.165, 1.54) is 6.42 Å². The van der Waals surface area contributed by atoms with E-state index in [9.17, 15) is 9.59 Å². The molecule has 0 saturated heterocycles. The number of amides is 3. The molecule has 4 atom stereocenters. The first-order valence-electron chi connectivity index (χ1n) is 16.4. The molecule has 1 aliphatic rings. The van der Waals surface area contributed by atoms with E-state index in [2.05, 4.69) is 59.2 Å². The number of nitrogens with one attached hydrogen (secondary N) is 5. The Kier molecular flexibility index (Phi) is 17.8. The number of unbranched alkanes of at least 4 members (excludes halogenated alkanes) is 1. The lowest BCUT2D eigenvalue weighted by Gasteiger charge is -2.35. The lowest BCUT2D eigenvalue weighted by Crippen LogP contribution is -2.59. The smallest absolute Gasteiger partial charge is 0.312 e. The molecular weight excluding hydrogens is 554 g/mol. The number of carbonyl (C=O) groups excluding carboxylic acids is 2. The van der Waals surface area contributed by atoms with Gasteiger partial charge in [0.2, 0.25) is 5.91 Å². The van der Waals surface area contributed by atoms with Crippen LogP contribution in [-0.2, 0) is 9.53 Å². The number of hydrogen-bond donors (Lipinski definition) is 7. The minimum Gasteiger partial charge on any atom is -0.383 e. The van der Waals surface area contributed by atoms with Crippen LogP contribution >= 0.6 is 0 Å². The average molecular weight is 613 g/mol. The molecule has 0 saturated carbocycles. The number of urea groups is 1. The Morgan fingerprint density at radius 2 is 1.82 bits per heavy atom. The molecule has 0 aliphatic heterocycles. The largest absolute Gasteiger partial charge is 0.383 e. The van der Waals surface area contributed by atoms with Gasteiger partial charge in [0.05, 0.1) is 5.66 Å². The summed E-state index contributed by atoms with van der Waals surface area (Å²) in [7, 11) is 0. The zero-order chi connectivity index (χ0) is 32.2. The summed E-state index contributed by atoms with van der Waals surface area (Å²) < 4.78 is 5.73. The van der Waals surface area contributed by atoms with Crippen molar-refractivity contribution >= 4 is 17.6 Å². The van der Waals surface area contributed by atoms with Gasteiger partial charge >= 0.3 is 6.03 Å². The first-order valence-corrected chi connectivity index (χ1v) is 16.4. The van der Waals surface area contributed by atoms with Crippen LogP contribution in [0.2, 0.25) is 0 Å². The van der Waals surface area contributed by atoms with E-state index >= 15 is 0 Å². The van der Waals surface area contributed by atoms with E-state index in [-0.39, 0.29) is 30.7 Å². The lowest BCUT2D eigenvalue weighted by molar-refractivity contribution is -0.126. The maximum Gasteiger partial charge on any atom is 0.312 e. The van der Waals surface area contributed by atoms with E-state index < -0.39 is 11.7 Å². The van der Waals surface area contributed by atoms with Gasteiger partial charge in [-0.1, -0.05) is 38.3 Å². The Hall–Kier alpha value is -2.84. The highest BCUT2D eigenvalue weighted by molar-refractivity contribution is 5.77. The van der Waals surface area contributed by atoms with Crippen molar-refractivity contribution in [2.45, 2.75) is 109 Å². The molecule has 1 radical (unpaired) electrons. The van der Waals surface area contributed by atoms with E-state index in [0.717, 1.165) is 82.1 Å². The second kappa shape index (κ2) is 21.0. The Morgan fingerprint density at radius 1 is 1.07 bits per heavy atom. The molecule has 1 aromatic rings. The molecule has 1 aliphatic carbocycles. The molecule has 0 aromatic heterocycles. The number of anilines is 1. The van der Waals surface area contributed by atoms with Crippen molar-refractivity contribution in [1.82, 2.24) is 21.3 Å². The highest BCUT2D eigenvalue weighted by Gasteiger charge is 2.25. The van der Waals surface area contributed by atoms with Crippen LogP contribution in [-0.4, -0.2) is 68.6 Å². The summed E-state index contributed by atoms with van der Waals surface area (Å²) in [5.41, 5.74) is 13.4. The van der Waals surface area contributed by atoms with E-state index in [4.69, 9.17) is 16.2 Å². The van der Waals surface area contributed by atoms with E-state index in [1.807, 2.05) is 31.2 Å². The van der Waals surface area contributed by atoms with Crippen LogP contribution in [0.1, 0.15) is 90.5 Å². The molecule has 2 unspecified atom stereocenters. The third-order valence-corrected chi connectivity index (χ3v) is 7.87. The second-order valence-electron chi connectivity index (χ2n) is 12.6. The zero-order valence-electron chi connectivity index (χ0n) is 27.3. The molecule has 3 amide bonds. The van der Waals surface area contributed by atoms with Crippen molar-refractivity contribution in [3.63, 3.8) is 0 Å². The zero-order valence-corrected chi connectivity index (χ0v) is 27.3. The maximum absolute atomic E-state index is 12.2. The van der Waals surface area contributed by atoms with Crippen LogP contribution in [0.25, 0.3) is 0 Å².